The number of carbonyl (C=O) groups excluding carboxylic acids is 1. The first-order chi connectivity index (χ1) is 6.49. The number of amides is 1. The first kappa shape index (κ1) is 13.4. The van der Waals surface area contributed by atoms with E-state index in [4.69, 9.17) is 0 Å². The van der Waals surface area contributed by atoms with Crippen LogP contribution in [0.5, 0.6) is 0 Å². The van der Waals surface area contributed by atoms with Crippen molar-refractivity contribution in [2.75, 3.05) is 13.6 Å². The Kier molecular flexibility index (Phi) is 6.54. The summed E-state index contributed by atoms with van der Waals surface area (Å²) in [6, 6.07) is 0.718. The summed E-state index contributed by atoms with van der Waals surface area (Å²) < 4.78 is 0. The Bertz CT molecular complexity index is 169. The van der Waals surface area contributed by atoms with Crippen LogP contribution in [-0.2, 0) is 4.79 Å². The second kappa shape index (κ2) is 6.82. The van der Waals surface area contributed by atoms with E-state index >= 15 is 0 Å². The Balaban J connectivity index is 3.86. The second-order valence-corrected chi connectivity index (χ2v) is 4.18. The zero-order valence-electron chi connectivity index (χ0n) is 10.1. The summed E-state index contributed by atoms with van der Waals surface area (Å²) >= 11 is 0. The lowest BCUT2D eigenvalue weighted by Gasteiger charge is -2.25. The average molecular weight is 200 g/mol. The zero-order valence-corrected chi connectivity index (χ0v) is 10.1. The first-order valence-electron chi connectivity index (χ1n) is 5.48. The van der Waals surface area contributed by atoms with Crippen molar-refractivity contribution in [3.05, 3.63) is 0 Å². The van der Waals surface area contributed by atoms with Crippen LogP contribution in [0.1, 0.15) is 40.5 Å². The van der Waals surface area contributed by atoms with Gasteiger partial charge in [-0.05, 0) is 13.3 Å². The van der Waals surface area contributed by atoms with E-state index in [9.17, 15) is 4.79 Å². The third-order valence-corrected chi connectivity index (χ3v) is 2.42. The van der Waals surface area contributed by atoms with Gasteiger partial charge in [0.1, 0.15) is 0 Å². The second-order valence-electron chi connectivity index (χ2n) is 4.18. The summed E-state index contributed by atoms with van der Waals surface area (Å²) in [7, 11) is 1.88. The Morgan fingerprint density at radius 3 is 2.36 bits per heavy atom. The predicted molar refractivity (Wildman–Crippen MR) is 60.3 cm³/mol. The topological polar surface area (TPSA) is 32.3 Å². The number of hydrogen-bond donors (Lipinski definition) is 1. The largest absolute Gasteiger partial charge is 0.342 e. The van der Waals surface area contributed by atoms with Gasteiger partial charge in [-0.25, -0.2) is 0 Å². The molecule has 0 saturated heterocycles. The summed E-state index contributed by atoms with van der Waals surface area (Å²) in [5, 5.41) is 3.13. The molecule has 0 aromatic heterocycles. The van der Waals surface area contributed by atoms with Crippen LogP contribution in [-0.4, -0.2) is 36.5 Å². The normalized spacial score (nSPS) is 13.0. The number of nitrogens with one attached hydrogen (secondary N) is 1. The molecule has 0 aromatic rings. The minimum absolute atomic E-state index is 0.180. The molecule has 1 amide bonds. The molecule has 0 spiro atoms. The monoisotopic (exact) mass is 200 g/mol. The van der Waals surface area contributed by atoms with E-state index in [2.05, 4.69) is 19.2 Å². The summed E-state index contributed by atoms with van der Waals surface area (Å²) in [6.45, 7) is 8.77. The predicted octanol–water partition coefficient (Wildman–Crippen LogP) is 1.63. The third kappa shape index (κ3) is 5.22. The smallest absolute Gasteiger partial charge is 0.236 e. The highest BCUT2D eigenvalue weighted by Crippen LogP contribution is 2.03. The van der Waals surface area contributed by atoms with E-state index in [0.717, 1.165) is 12.8 Å². The molecule has 84 valence electrons. The minimum atomic E-state index is 0.180. The summed E-state index contributed by atoms with van der Waals surface area (Å²) in [4.78, 5) is 13.5. The molecule has 14 heavy (non-hydrogen) atoms. The van der Waals surface area contributed by atoms with Crippen molar-refractivity contribution in [1.82, 2.24) is 10.2 Å². The van der Waals surface area contributed by atoms with Gasteiger partial charge in [-0.1, -0.05) is 27.2 Å². The fraction of sp³-hybridized carbons (Fsp3) is 0.909. The maximum absolute atomic E-state index is 11.6. The van der Waals surface area contributed by atoms with Gasteiger partial charge in [-0.3, -0.25) is 4.79 Å². The fourth-order valence-corrected chi connectivity index (χ4v) is 1.27. The molecule has 0 aliphatic heterocycles. The lowest BCUT2D eigenvalue weighted by atomic mass is 10.2. The molecule has 0 rings (SSSR count). The molecule has 0 aliphatic carbocycles. The molecule has 0 bridgehead atoms. The SMILES string of the molecule is CCCC(C)N(C)C(=O)CNC(C)C. The van der Waals surface area contributed by atoms with Crippen LogP contribution < -0.4 is 5.32 Å². The molecule has 0 radical (unpaired) electrons. The molecule has 3 nitrogen and oxygen atoms in total. The quantitative estimate of drug-likeness (QED) is 0.707. The van der Waals surface area contributed by atoms with E-state index in [1.54, 1.807) is 0 Å². The van der Waals surface area contributed by atoms with Crippen LogP contribution in [0, 0.1) is 0 Å². The number of likely N-dealkylation sites (N-methyl/N-ethyl adjacent to an activating group) is 1. The van der Waals surface area contributed by atoms with Crippen LogP contribution in [0.2, 0.25) is 0 Å². The van der Waals surface area contributed by atoms with Gasteiger partial charge in [0, 0.05) is 19.1 Å². The number of nitrogens with zero attached hydrogens (tertiary/aromatic N) is 1. The standard InChI is InChI=1S/C11H24N2O/c1-6-7-10(4)13(5)11(14)8-12-9(2)3/h9-10,12H,6-8H2,1-5H3. The maximum atomic E-state index is 11.6. The van der Waals surface area contributed by atoms with Gasteiger partial charge in [-0.15, -0.1) is 0 Å². The van der Waals surface area contributed by atoms with Gasteiger partial charge in [0.15, 0.2) is 0 Å². The highest BCUT2D eigenvalue weighted by molar-refractivity contribution is 5.78. The number of rotatable bonds is 6. The average Bonchev–Trinajstić information content (AvgIpc) is 2.13. The van der Waals surface area contributed by atoms with E-state index in [0.29, 0.717) is 18.6 Å². The highest BCUT2D eigenvalue weighted by Gasteiger charge is 2.14. The Morgan fingerprint density at radius 1 is 1.36 bits per heavy atom. The molecule has 1 unspecified atom stereocenters. The molecular formula is C11H24N2O. The lowest BCUT2D eigenvalue weighted by molar-refractivity contribution is -0.130. The molecule has 0 aromatic carbocycles. The van der Waals surface area contributed by atoms with Crippen LogP contribution >= 0.6 is 0 Å². The molecule has 0 heterocycles. The van der Waals surface area contributed by atoms with Crippen molar-refractivity contribution in [1.29, 1.82) is 0 Å². The molecular weight excluding hydrogens is 176 g/mol. The Morgan fingerprint density at radius 2 is 1.93 bits per heavy atom. The lowest BCUT2D eigenvalue weighted by Crippen LogP contribution is -2.42. The highest BCUT2D eigenvalue weighted by atomic mass is 16.2. The van der Waals surface area contributed by atoms with Gasteiger partial charge in [0.2, 0.25) is 5.91 Å². The van der Waals surface area contributed by atoms with Crippen molar-refractivity contribution < 1.29 is 4.79 Å². The van der Waals surface area contributed by atoms with Gasteiger partial charge < -0.3 is 10.2 Å². The summed E-state index contributed by atoms with van der Waals surface area (Å²) in [5.41, 5.74) is 0. The van der Waals surface area contributed by atoms with Crippen LogP contribution in [0.25, 0.3) is 0 Å². The van der Waals surface area contributed by atoms with Crippen molar-refractivity contribution >= 4 is 5.91 Å². The van der Waals surface area contributed by atoms with Crippen molar-refractivity contribution in [2.24, 2.45) is 0 Å². The number of hydrogen-bond acceptors (Lipinski definition) is 2. The van der Waals surface area contributed by atoms with Crippen LogP contribution in [0.4, 0.5) is 0 Å². The van der Waals surface area contributed by atoms with E-state index in [-0.39, 0.29) is 5.91 Å². The third-order valence-electron chi connectivity index (χ3n) is 2.42. The van der Waals surface area contributed by atoms with E-state index < -0.39 is 0 Å². The van der Waals surface area contributed by atoms with Crippen LogP contribution in [0.15, 0.2) is 0 Å². The maximum Gasteiger partial charge on any atom is 0.236 e. The fourth-order valence-electron chi connectivity index (χ4n) is 1.27. The summed E-state index contributed by atoms with van der Waals surface area (Å²) in [6.07, 6.45) is 2.19. The van der Waals surface area contributed by atoms with E-state index in [1.807, 2.05) is 25.8 Å². The van der Waals surface area contributed by atoms with Gasteiger partial charge in [0.05, 0.1) is 6.54 Å². The molecule has 0 saturated carbocycles. The van der Waals surface area contributed by atoms with Crippen molar-refractivity contribution in [2.45, 2.75) is 52.6 Å². The minimum Gasteiger partial charge on any atom is -0.342 e. The molecule has 1 atom stereocenters. The Hall–Kier alpha value is -0.570. The van der Waals surface area contributed by atoms with Crippen LogP contribution in [0.3, 0.4) is 0 Å². The Labute approximate surface area is 87.9 Å². The van der Waals surface area contributed by atoms with Gasteiger partial charge in [0.25, 0.3) is 0 Å². The van der Waals surface area contributed by atoms with Crippen molar-refractivity contribution in [3.8, 4) is 0 Å². The molecule has 0 aliphatic rings. The van der Waals surface area contributed by atoms with Gasteiger partial charge in [-0.2, -0.15) is 0 Å². The zero-order chi connectivity index (χ0) is 11.1. The molecule has 3 heteroatoms. The number of carbonyl (C=O) groups is 1. The van der Waals surface area contributed by atoms with E-state index in [1.165, 1.54) is 0 Å². The first-order valence-corrected chi connectivity index (χ1v) is 5.48. The summed E-state index contributed by atoms with van der Waals surface area (Å²) in [5.74, 6) is 0.180. The van der Waals surface area contributed by atoms with Gasteiger partial charge >= 0.3 is 0 Å². The molecule has 1 N–H and O–H groups in total. The molecule has 0 fully saturated rings. The van der Waals surface area contributed by atoms with Crippen molar-refractivity contribution in [3.63, 3.8) is 0 Å².